The molecule has 0 aliphatic rings. The number of hydrogen-bond donors (Lipinski definition) is 0. The lowest BCUT2D eigenvalue weighted by molar-refractivity contribution is 0.670. The zero-order valence-corrected chi connectivity index (χ0v) is 26.3. The summed E-state index contributed by atoms with van der Waals surface area (Å²) < 4.78 is 6.59. The first-order valence-corrected chi connectivity index (χ1v) is 16.4. The zero-order valence-electron chi connectivity index (χ0n) is 26.3. The van der Waals surface area contributed by atoms with Gasteiger partial charge in [-0.1, -0.05) is 146 Å². The molecule has 10 aromatic rings. The maximum Gasteiger partial charge on any atom is 0.167 e. The van der Waals surface area contributed by atoms with E-state index in [9.17, 15) is 0 Å². The molecule has 0 saturated heterocycles. The SMILES string of the molecule is c1ccc(-c2nc(-c3ccc4cccc(-c5cccc6ccccc56)c4c3)nc(-c3cccc4c3oc3ccc5ccccc5c34)n2)cc1. The second kappa shape index (κ2) is 11.0. The summed E-state index contributed by atoms with van der Waals surface area (Å²) in [6.45, 7) is 0. The van der Waals surface area contributed by atoms with E-state index < -0.39 is 0 Å². The summed E-state index contributed by atoms with van der Waals surface area (Å²) in [6, 6.07) is 56.9. The number of furan rings is 1. The van der Waals surface area contributed by atoms with Crippen molar-refractivity contribution in [2.45, 2.75) is 0 Å². The summed E-state index contributed by atoms with van der Waals surface area (Å²) in [4.78, 5) is 15.3. The quantitative estimate of drug-likeness (QED) is 0.195. The summed E-state index contributed by atoms with van der Waals surface area (Å²) in [5, 5.41) is 9.23. The van der Waals surface area contributed by atoms with E-state index in [2.05, 4.69) is 127 Å². The number of benzene rings is 8. The van der Waals surface area contributed by atoms with E-state index in [-0.39, 0.29) is 0 Å². The van der Waals surface area contributed by atoms with Crippen LogP contribution >= 0.6 is 0 Å². The Bertz CT molecular complexity index is 2890. The van der Waals surface area contributed by atoms with Crippen molar-refractivity contribution >= 4 is 54.3 Å². The lowest BCUT2D eigenvalue weighted by Crippen LogP contribution is -2.00. The Hall–Kier alpha value is -6.65. The lowest BCUT2D eigenvalue weighted by Gasteiger charge is -2.12. The normalized spacial score (nSPS) is 11.7. The van der Waals surface area contributed by atoms with Crippen molar-refractivity contribution in [3.63, 3.8) is 0 Å². The first-order chi connectivity index (χ1) is 24.3. The standard InChI is InChI=1S/C45H27N3O/c1-2-13-31(14-3-1)43-46-44(32-24-23-30-16-9-20-36(39(30)27-32)35-19-8-15-28-11-4-6-17-33(28)35)48-45(47-43)38-22-10-21-37-41-34-18-7-5-12-29(34)25-26-40(41)49-42(37)38/h1-27H. The van der Waals surface area contributed by atoms with Gasteiger partial charge in [-0.3, -0.25) is 0 Å². The second-order valence-corrected chi connectivity index (χ2v) is 12.4. The molecule has 0 aliphatic carbocycles. The molecule has 2 aromatic heterocycles. The molecule has 0 saturated carbocycles. The Morgan fingerprint density at radius 3 is 1.71 bits per heavy atom. The largest absolute Gasteiger partial charge is 0.455 e. The minimum Gasteiger partial charge on any atom is -0.455 e. The van der Waals surface area contributed by atoms with Gasteiger partial charge >= 0.3 is 0 Å². The molecule has 0 amide bonds. The topological polar surface area (TPSA) is 51.8 Å². The van der Waals surface area contributed by atoms with Crippen LogP contribution in [0.2, 0.25) is 0 Å². The summed E-state index contributed by atoms with van der Waals surface area (Å²) in [5.74, 6) is 1.79. The highest BCUT2D eigenvalue weighted by molar-refractivity contribution is 6.20. The number of rotatable bonds is 4. The van der Waals surface area contributed by atoms with Crippen molar-refractivity contribution in [2.24, 2.45) is 0 Å². The molecule has 0 N–H and O–H groups in total. The Kier molecular flexibility index (Phi) is 6.15. The third-order valence-corrected chi connectivity index (χ3v) is 9.52. The van der Waals surface area contributed by atoms with Crippen LogP contribution in [0.25, 0.3) is 99.5 Å². The molecule has 0 bridgehead atoms. The number of aromatic nitrogens is 3. The molecule has 0 aliphatic heterocycles. The molecule has 2 heterocycles. The third kappa shape index (κ3) is 4.49. The van der Waals surface area contributed by atoms with Crippen molar-refractivity contribution < 1.29 is 4.42 Å². The molecule has 228 valence electrons. The summed E-state index contributed by atoms with van der Waals surface area (Å²) in [7, 11) is 0. The predicted octanol–water partition coefficient (Wildman–Crippen LogP) is 11.9. The highest BCUT2D eigenvalue weighted by Gasteiger charge is 2.19. The van der Waals surface area contributed by atoms with Gasteiger partial charge in [0.1, 0.15) is 11.2 Å². The van der Waals surface area contributed by atoms with Gasteiger partial charge in [0, 0.05) is 21.9 Å². The Morgan fingerprint density at radius 2 is 0.898 bits per heavy atom. The van der Waals surface area contributed by atoms with Gasteiger partial charge in [-0.15, -0.1) is 0 Å². The molecule has 4 heteroatoms. The molecule has 0 atom stereocenters. The van der Waals surface area contributed by atoms with E-state index in [1.807, 2.05) is 36.4 Å². The van der Waals surface area contributed by atoms with Crippen LogP contribution in [-0.2, 0) is 0 Å². The molecule has 0 unspecified atom stereocenters. The van der Waals surface area contributed by atoms with Crippen LogP contribution in [0.4, 0.5) is 0 Å². The van der Waals surface area contributed by atoms with Crippen LogP contribution in [0, 0.1) is 0 Å². The smallest absolute Gasteiger partial charge is 0.167 e. The fourth-order valence-electron chi connectivity index (χ4n) is 7.19. The van der Waals surface area contributed by atoms with Crippen LogP contribution < -0.4 is 0 Å². The Balaban J connectivity index is 1.21. The maximum absolute atomic E-state index is 6.59. The maximum atomic E-state index is 6.59. The van der Waals surface area contributed by atoms with Gasteiger partial charge in [-0.05, 0) is 61.6 Å². The Labute approximate surface area is 282 Å². The average molecular weight is 626 g/mol. The highest BCUT2D eigenvalue weighted by Crippen LogP contribution is 2.40. The van der Waals surface area contributed by atoms with E-state index in [1.165, 1.54) is 27.3 Å². The predicted molar refractivity (Wildman–Crippen MR) is 201 cm³/mol. The van der Waals surface area contributed by atoms with Crippen LogP contribution in [0.5, 0.6) is 0 Å². The second-order valence-electron chi connectivity index (χ2n) is 12.4. The van der Waals surface area contributed by atoms with Gasteiger partial charge in [0.25, 0.3) is 0 Å². The van der Waals surface area contributed by atoms with E-state index in [0.717, 1.165) is 54.8 Å². The molecule has 49 heavy (non-hydrogen) atoms. The molecule has 0 spiro atoms. The molecular formula is C45H27N3O. The Morgan fingerprint density at radius 1 is 0.347 bits per heavy atom. The van der Waals surface area contributed by atoms with Crippen LogP contribution in [0.15, 0.2) is 168 Å². The monoisotopic (exact) mass is 625 g/mol. The van der Waals surface area contributed by atoms with Gasteiger partial charge in [-0.2, -0.15) is 0 Å². The minimum atomic E-state index is 0.570. The molecule has 0 fully saturated rings. The zero-order chi connectivity index (χ0) is 32.3. The number of fused-ring (bicyclic) bond motifs is 7. The fraction of sp³-hybridized carbons (Fsp3) is 0. The van der Waals surface area contributed by atoms with E-state index in [1.54, 1.807) is 0 Å². The average Bonchev–Trinajstić information content (AvgIpc) is 3.57. The van der Waals surface area contributed by atoms with E-state index >= 15 is 0 Å². The molecule has 0 radical (unpaired) electrons. The van der Waals surface area contributed by atoms with Crippen molar-refractivity contribution in [1.82, 2.24) is 15.0 Å². The van der Waals surface area contributed by atoms with Crippen molar-refractivity contribution in [3.8, 4) is 45.3 Å². The van der Waals surface area contributed by atoms with Gasteiger partial charge in [0.15, 0.2) is 17.5 Å². The molecule has 8 aromatic carbocycles. The summed E-state index contributed by atoms with van der Waals surface area (Å²) in [6.07, 6.45) is 0. The van der Waals surface area contributed by atoms with Gasteiger partial charge in [0.05, 0.1) is 5.56 Å². The van der Waals surface area contributed by atoms with E-state index in [4.69, 9.17) is 19.4 Å². The fourth-order valence-corrected chi connectivity index (χ4v) is 7.19. The first-order valence-electron chi connectivity index (χ1n) is 16.4. The van der Waals surface area contributed by atoms with Gasteiger partial charge < -0.3 is 4.42 Å². The van der Waals surface area contributed by atoms with Crippen LogP contribution in [0.1, 0.15) is 0 Å². The first kappa shape index (κ1) is 27.5. The lowest BCUT2D eigenvalue weighted by atomic mass is 9.93. The van der Waals surface area contributed by atoms with Gasteiger partial charge in [-0.25, -0.2) is 15.0 Å². The number of hydrogen-bond acceptors (Lipinski definition) is 4. The summed E-state index contributed by atoms with van der Waals surface area (Å²) in [5.41, 5.74) is 6.65. The summed E-state index contributed by atoms with van der Waals surface area (Å²) >= 11 is 0. The molecule has 4 nitrogen and oxygen atoms in total. The minimum absolute atomic E-state index is 0.570. The van der Waals surface area contributed by atoms with Crippen LogP contribution in [0.3, 0.4) is 0 Å². The molecule has 10 rings (SSSR count). The third-order valence-electron chi connectivity index (χ3n) is 9.52. The van der Waals surface area contributed by atoms with Crippen LogP contribution in [-0.4, -0.2) is 15.0 Å². The van der Waals surface area contributed by atoms with E-state index in [0.29, 0.717) is 17.5 Å². The highest BCUT2D eigenvalue weighted by atomic mass is 16.3. The molecular weight excluding hydrogens is 599 g/mol. The number of para-hydroxylation sites is 1. The van der Waals surface area contributed by atoms with Crippen molar-refractivity contribution in [3.05, 3.63) is 164 Å². The number of nitrogens with zero attached hydrogens (tertiary/aromatic N) is 3. The van der Waals surface area contributed by atoms with Gasteiger partial charge in [0.2, 0.25) is 0 Å². The van der Waals surface area contributed by atoms with Crippen molar-refractivity contribution in [2.75, 3.05) is 0 Å². The van der Waals surface area contributed by atoms with Crippen molar-refractivity contribution in [1.29, 1.82) is 0 Å².